The van der Waals surface area contributed by atoms with Crippen LogP contribution in [0.3, 0.4) is 0 Å². The minimum absolute atomic E-state index is 0. The Morgan fingerprint density at radius 1 is 1.22 bits per heavy atom. The predicted molar refractivity (Wildman–Crippen MR) is 49.5 cm³/mol. The van der Waals surface area contributed by atoms with Crippen molar-refractivity contribution in [2.75, 3.05) is 5.32 Å². The number of hydrogen-bond donors (Lipinski definition) is 1. The van der Waals surface area contributed by atoms with Gasteiger partial charge in [-0.05, 0) is 22.1 Å². The Bertz CT molecular complexity index is 450. The fourth-order valence-electron chi connectivity index (χ4n) is 0.863. The molecule has 0 aliphatic heterocycles. The summed E-state index contributed by atoms with van der Waals surface area (Å²) in [6, 6.07) is 0. The van der Waals surface area contributed by atoms with Gasteiger partial charge in [0, 0.05) is 11.1 Å². The van der Waals surface area contributed by atoms with Crippen molar-refractivity contribution in [2.24, 2.45) is 0 Å². The van der Waals surface area contributed by atoms with E-state index in [0.717, 1.165) is 11.3 Å². The summed E-state index contributed by atoms with van der Waals surface area (Å²) in [4.78, 5) is 46.7. The molecule has 1 rings (SSSR count). The maximum Gasteiger partial charge on any atom is 1.00 e. The van der Waals surface area contributed by atoms with E-state index in [4.69, 9.17) is 0 Å². The predicted octanol–water partition coefficient (Wildman–Crippen LogP) is -8.02. The first-order chi connectivity index (χ1) is 7.10. The Hall–Kier alpha value is 1.73. The zero-order valence-electron chi connectivity index (χ0n) is 9.85. The zero-order chi connectivity index (χ0) is 12.6. The first-order valence-corrected chi connectivity index (χ1v) is 7.87. The van der Waals surface area contributed by atoms with E-state index in [9.17, 15) is 28.7 Å². The molecule has 1 N–H and O–H groups in total. The molecular formula is C5H6N2Na2O6P2S-2. The smallest absolute Gasteiger partial charge is 0.809 e. The van der Waals surface area contributed by atoms with Crippen molar-refractivity contribution < 1.29 is 87.8 Å². The summed E-state index contributed by atoms with van der Waals surface area (Å²) >= 11 is 0.928. The second-order valence-corrected chi connectivity index (χ2v) is 7.71. The summed E-state index contributed by atoms with van der Waals surface area (Å²) in [7, 11) is -11.2. The summed E-state index contributed by atoms with van der Waals surface area (Å²) in [5, 5.41) is 1.70. The van der Waals surface area contributed by atoms with Crippen LogP contribution in [0.4, 0.5) is 5.13 Å². The quantitative estimate of drug-likeness (QED) is 0.422. The molecule has 1 aromatic rings. The molecule has 0 atom stereocenters. The van der Waals surface area contributed by atoms with Gasteiger partial charge in [0.2, 0.25) is 0 Å². The summed E-state index contributed by atoms with van der Waals surface area (Å²) in [6.45, 7) is 1.64. The van der Waals surface area contributed by atoms with Gasteiger partial charge in [-0.1, -0.05) is 0 Å². The van der Waals surface area contributed by atoms with Crippen LogP contribution in [-0.4, -0.2) is 10.5 Å². The molecule has 0 aliphatic carbocycles. The monoisotopic (exact) mass is 330 g/mol. The average molecular weight is 330 g/mol. The molecule has 0 radical (unpaired) electrons. The van der Waals surface area contributed by atoms with Crippen LogP contribution in [0, 0.1) is 6.92 Å². The number of anilines is 1. The molecule has 18 heavy (non-hydrogen) atoms. The van der Waals surface area contributed by atoms with E-state index in [1.165, 1.54) is 6.20 Å². The number of aromatic nitrogens is 1. The third-order valence-electron chi connectivity index (χ3n) is 1.47. The van der Waals surface area contributed by atoms with Crippen LogP contribution in [0.15, 0.2) is 6.20 Å². The van der Waals surface area contributed by atoms with Gasteiger partial charge in [-0.2, -0.15) is 0 Å². The van der Waals surface area contributed by atoms with Gasteiger partial charge in [-0.15, -0.1) is 11.3 Å². The number of hydrogen-bond acceptors (Lipinski definition) is 9. The topological polar surface area (TPSA) is 151 Å². The summed E-state index contributed by atoms with van der Waals surface area (Å²) in [5.74, 6) is 0. The van der Waals surface area contributed by atoms with E-state index in [-0.39, 0.29) is 64.2 Å². The molecule has 8 nitrogen and oxygen atoms in total. The van der Waals surface area contributed by atoms with Crippen LogP contribution in [0.2, 0.25) is 0 Å². The van der Waals surface area contributed by atoms with Crippen molar-refractivity contribution in [3.05, 3.63) is 11.1 Å². The number of nitrogens with zero attached hydrogens (tertiary/aromatic N) is 1. The minimum atomic E-state index is -5.59. The number of aryl methyl sites for hydroxylation is 1. The first-order valence-electron chi connectivity index (χ1n) is 3.83. The average Bonchev–Trinajstić information content (AvgIpc) is 2.43. The Balaban J connectivity index is 0. The van der Waals surface area contributed by atoms with Gasteiger partial charge in [-0.25, -0.2) is 4.98 Å². The molecule has 0 aliphatic rings. The van der Waals surface area contributed by atoms with E-state index in [1.54, 1.807) is 6.92 Å². The third-order valence-corrected chi connectivity index (χ3v) is 5.47. The normalized spacial score (nSPS) is 11.7. The Morgan fingerprint density at radius 2 is 1.67 bits per heavy atom. The fourth-order valence-corrected chi connectivity index (χ4v) is 3.68. The van der Waals surface area contributed by atoms with Crippen molar-refractivity contribution in [1.29, 1.82) is 0 Å². The maximum atomic E-state index is 10.6. The molecule has 0 saturated carbocycles. The zero-order valence-corrected chi connectivity index (χ0v) is 16.5. The minimum Gasteiger partial charge on any atom is -0.809 e. The molecule has 0 fully saturated rings. The van der Waals surface area contributed by atoms with Gasteiger partial charge < -0.3 is 34.0 Å². The second kappa shape index (κ2) is 8.24. The molecule has 0 saturated heterocycles. The molecule has 1 aromatic heterocycles. The molecule has 0 unspecified atom stereocenters. The summed E-state index contributed by atoms with van der Waals surface area (Å²) in [5.41, 5.74) is -2.70. The molecule has 0 spiro atoms. The molecule has 0 amide bonds. The SMILES string of the molecule is Cc1cnc(NC(P(=O)([O-])[O-])P(=O)([O-])[O-])s1.[Na+].[Na+]. The Kier molecular flexibility index (Phi) is 10.1. The molecule has 92 valence electrons. The van der Waals surface area contributed by atoms with Crippen molar-refractivity contribution in [3.63, 3.8) is 0 Å². The van der Waals surface area contributed by atoms with Gasteiger partial charge >= 0.3 is 59.1 Å². The standard InChI is InChI=1S/C5H10N2O6P2S.2Na/c1-3-2-6-4(16-3)7-5(14(8,9)10)15(11,12)13;;/h2,5H,1H3,(H,6,7)(H2,8,9,10)(H2,11,12,13);;/q;2*+1/p-4. The van der Waals surface area contributed by atoms with Gasteiger partial charge in [-0.3, -0.25) is 0 Å². The van der Waals surface area contributed by atoms with Crippen LogP contribution < -0.4 is 84.0 Å². The van der Waals surface area contributed by atoms with E-state index >= 15 is 0 Å². The van der Waals surface area contributed by atoms with Gasteiger partial charge in [0.25, 0.3) is 0 Å². The first kappa shape index (κ1) is 22.0. The van der Waals surface area contributed by atoms with Crippen molar-refractivity contribution in [2.45, 2.75) is 12.4 Å². The second-order valence-electron chi connectivity index (χ2n) is 2.87. The van der Waals surface area contributed by atoms with Crippen LogP contribution in [0.1, 0.15) is 4.88 Å². The molecule has 0 bridgehead atoms. The van der Waals surface area contributed by atoms with E-state index in [2.05, 4.69) is 4.98 Å². The van der Waals surface area contributed by atoms with Gasteiger partial charge in [0.1, 0.15) is 0 Å². The molecule has 13 heteroatoms. The Labute approximate surface area is 152 Å². The summed E-state index contributed by atoms with van der Waals surface area (Å²) in [6.07, 6.45) is 1.34. The third kappa shape index (κ3) is 6.95. The van der Waals surface area contributed by atoms with Crippen LogP contribution in [0.25, 0.3) is 0 Å². The van der Waals surface area contributed by atoms with Crippen molar-refractivity contribution in [3.8, 4) is 0 Å². The number of rotatable bonds is 4. The van der Waals surface area contributed by atoms with E-state index in [0.29, 0.717) is 4.88 Å². The van der Waals surface area contributed by atoms with E-state index < -0.39 is 20.7 Å². The number of thiazole rings is 1. The largest absolute Gasteiger partial charge is 1.00 e. The summed E-state index contributed by atoms with van der Waals surface area (Å²) < 4.78 is 21.2. The molecule has 0 aromatic carbocycles. The molecule has 1 heterocycles. The van der Waals surface area contributed by atoms with E-state index in [1.807, 2.05) is 5.32 Å². The maximum absolute atomic E-state index is 10.6. The molecular weight excluding hydrogens is 324 g/mol. The van der Waals surface area contributed by atoms with Crippen LogP contribution in [-0.2, 0) is 9.13 Å². The Morgan fingerprint density at radius 3 is 1.94 bits per heavy atom. The van der Waals surface area contributed by atoms with Crippen LogP contribution >= 0.6 is 26.5 Å². The van der Waals surface area contributed by atoms with Crippen molar-refractivity contribution >= 4 is 31.7 Å². The van der Waals surface area contributed by atoms with Gasteiger partial charge in [0.05, 0.1) is 5.52 Å². The fraction of sp³-hybridized carbons (Fsp3) is 0.400. The van der Waals surface area contributed by atoms with Crippen molar-refractivity contribution in [1.82, 2.24) is 4.98 Å². The van der Waals surface area contributed by atoms with Gasteiger partial charge in [0.15, 0.2) is 5.13 Å². The number of nitrogens with one attached hydrogen (secondary N) is 1. The van der Waals surface area contributed by atoms with Crippen LogP contribution in [0.5, 0.6) is 0 Å².